The summed E-state index contributed by atoms with van der Waals surface area (Å²) in [7, 11) is 0. The zero-order valence-electron chi connectivity index (χ0n) is 10.0. The van der Waals surface area contributed by atoms with Crippen molar-refractivity contribution in [1.29, 1.82) is 0 Å². The van der Waals surface area contributed by atoms with E-state index < -0.39 is 0 Å². The van der Waals surface area contributed by atoms with Crippen LogP contribution in [0, 0.1) is 13.8 Å². The Kier molecular flexibility index (Phi) is 4.00. The van der Waals surface area contributed by atoms with Crippen LogP contribution in [-0.4, -0.2) is 31.1 Å². The molecule has 16 heavy (non-hydrogen) atoms. The SMILES string of the molecule is Cc1cc(CN2CCNCC2)cc(C)c1Br. The van der Waals surface area contributed by atoms with Crippen LogP contribution in [0.3, 0.4) is 0 Å². The lowest BCUT2D eigenvalue weighted by molar-refractivity contribution is 0.233. The Balaban J connectivity index is 2.09. The average Bonchev–Trinajstić information content (AvgIpc) is 2.27. The zero-order chi connectivity index (χ0) is 11.5. The van der Waals surface area contributed by atoms with Gasteiger partial charge in [-0.05, 0) is 30.5 Å². The molecular formula is C13H19BrN2. The maximum Gasteiger partial charge on any atom is 0.0235 e. The molecule has 1 fully saturated rings. The number of rotatable bonds is 2. The van der Waals surface area contributed by atoms with Gasteiger partial charge in [0.25, 0.3) is 0 Å². The van der Waals surface area contributed by atoms with Crippen molar-refractivity contribution in [1.82, 2.24) is 10.2 Å². The quantitative estimate of drug-likeness (QED) is 0.897. The summed E-state index contributed by atoms with van der Waals surface area (Å²) in [6, 6.07) is 4.58. The van der Waals surface area contributed by atoms with Gasteiger partial charge in [0, 0.05) is 37.2 Å². The lowest BCUT2D eigenvalue weighted by atomic mass is 10.1. The van der Waals surface area contributed by atoms with E-state index in [-0.39, 0.29) is 0 Å². The maximum atomic E-state index is 3.61. The normalized spacial score (nSPS) is 17.7. The summed E-state index contributed by atoms with van der Waals surface area (Å²) in [5, 5.41) is 3.38. The molecule has 0 radical (unpaired) electrons. The molecule has 1 aromatic carbocycles. The summed E-state index contributed by atoms with van der Waals surface area (Å²) in [4.78, 5) is 2.51. The van der Waals surface area contributed by atoms with Crippen LogP contribution in [0.1, 0.15) is 16.7 Å². The fourth-order valence-corrected chi connectivity index (χ4v) is 2.48. The van der Waals surface area contributed by atoms with Crippen LogP contribution in [-0.2, 0) is 6.54 Å². The minimum atomic E-state index is 1.08. The Morgan fingerprint density at radius 1 is 1.19 bits per heavy atom. The summed E-state index contributed by atoms with van der Waals surface area (Å²) in [5.74, 6) is 0. The second-order valence-corrected chi connectivity index (χ2v) is 5.36. The number of halogens is 1. The van der Waals surface area contributed by atoms with Crippen molar-refractivity contribution >= 4 is 15.9 Å². The van der Waals surface area contributed by atoms with Crippen molar-refractivity contribution in [3.8, 4) is 0 Å². The van der Waals surface area contributed by atoms with Gasteiger partial charge in [-0.2, -0.15) is 0 Å². The van der Waals surface area contributed by atoms with Gasteiger partial charge in [-0.3, -0.25) is 4.90 Å². The molecule has 3 heteroatoms. The van der Waals surface area contributed by atoms with Crippen molar-refractivity contribution in [3.63, 3.8) is 0 Å². The third kappa shape index (κ3) is 2.84. The van der Waals surface area contributed by atoms with Gasteiger partial charge in [-0.25, -0.2) is 0 Å². The highest BCUT2D eigenvalue weighted by molar-refractivity contribution is 9.10. The Labute approximate surface area is 106 Å². The number of benzene rings is 1. The smallest absolute Gasteiger partial charge is 0.0235 e. The minimum Gasteiger partial charge on any atom is -0.314 e. The Morgan fingerprint density at radius 2 is 1.75 bits per heavy atom. The molecule has 1 aliphatic heterocycles. The first-order chi connectivity index (χ1) is 7.66. The predicted molar refractivity (Wildman–Crippen MR) is 71.8 cm³/mol. The lowest BCUT2D eigenvalue weighted by Gasteiger charge is -2.27. The second-order valence-electron chi connectivity index (χ2n) is 4.57. The molecule has 1 aliphatic rings. The summed E-state index contributed by atoms with van der Waals surface area (Å²) < 4.78 is 1.25. The van der Waals surface area contributed by atoms with Crippen LogP contribution in [0.2, 0.25) is 0 Å². The van der Waals surface area contributed by atoms with E-state index in [1.807, 2.05) is 0 Å². The van der Waals surface area contributed by atoms with E-state index in [1.54, 1.807) is 0 Å². The van der Waals surface area contributed by atoms with Crippen molar-refractivity contribution in [2.24, 2.45) is 0 Å². The molecule has 0 atom stereocenters. The van der Waals surface area contributed by atoms with E-state index in [0.29, 0.717) is 0 Å². The van der Waals surface area contributed by atoms with Gasteiger partial charge in [0.1, 0.15) is 0 Å². The highest BCUT2D eigenvalue weighted by Crippen LogP contribution is 2.23. The predicted octanol–water partition coefficient (Wildman–Crippen LogP) is 2.47. The molecule has 0 bridgehead atoms. The Morgan fingerprint density at radius 3 is 2.31 bits per heavy atom. The molecule has 2 rings (SSSR count). The Hall–Kier alpha value is -0.380. The number of hydrogen-bond acceptors (Lipinski definition) is 2. The summed E-state index contributed by atoms with van der Waals surface area (Å²) in [6.45, 7) is 9.97. The molecule has 0 aliphatic carbocycles. The number of nitrogens with one attached hydrogen (secondary N) is 1. The van der Waals surface area contributed by atoms with Crippen molar-refractivity contribution in [2.45, 2.75) is 20.4 Å². The lowest BCUT2D eigenvalue weighted by Crippen LogP contribution is -2.42. The van der Waals surface area contributed by atoms with Gasteiger partial charge < -0.3 is 5.32 Å². The van der Waals surface area contributed by atoms with Gasteiger partial charge in [0.2, 0.25) is 0 Å². The largest absolute Gasteiger partial charge is 0.314 e. The summed E-state index contributed by atoms with van der Waals surface area (Å²) in [6.07, 6.45) is 0. The molecule has 88 valence electrons. The summed E-state index contributed by atoms with van der Waals surface area (Å²) in [5.41, 5.74) is 4.11. The molecular weight excluding hydrogens is 264 g/mol. The van der Waals surface area contributed by atoms with Crippen molar-refractivity contribution in [2.75, 3.05) is 26.2 Å². The van der Waals surface area contributed by atoms with E-state index >= 15 is 0 Å². The number of hydrogen-bond donors (Lipinski definition) is 1. The molecule has 1 heterocycles. The molecule has 2 nitrogen and oxygen atoms in total. The topological polar surface area (TPSA) is 15.3 Å². The monoisotopic (exact) mass is 282 g/mol. The van der Waals surface area contributed by atoms with E-state index in [9.17, 15) is 0 Å². The van der Waals surface area contributed by atoms with E-state index in [1.165, 1.54) is 21.2 Å². The Bertz CT molecular complexity index is 347. The van der Waals surface area contributed by atoms with Crippen molar-refractivity contribution in [3.05, 3.63) is 33.3 Å². The third-order valence-electron chi connectivity index (χ3n) is 3.11. The first-order valence-electron chi connectivity index (χ1n) is 5.85. The molecule has 1 N–H and O–H groups in total. The van der Waals surface area contributed by atoms with Gasteiger partial charge in [0.05, 0.1) is 0 Å². The van der Waals surface area contributed by atoms with Crippen LogP contribution < -0.4 is 5.32 Å². The second kappa shape index (κ2) is 5.30. The molecule has 0 saturated carbocycles. The molecule has 0 unspecified atom stereocenters. The fourth-order valence-electron chi connectivity index (χ4n) is 2.25. The molecule has 1 aromatic rings. The zero-order valence-corrected chi connectivity index (χ0v) is 11.6. The number of piperazine rings is 1. The van der Waals surface area contributed by atoms with Crippen molar-refractivity contribution < 1.29 is 0 Å². The van der Waals surface area contributed by atoms with Crippen LogP contribution in [0.5, 0.6) is 0 Å². The van der Waals surface area contributed by atoms with Gasteiger partial charge in [-0.15, -0.1) is 0 Å². The molecule has 0 aromatic heterocycles. The van der Waals surface area contributed by atoms with Crippen LogP contribution in [0.4, 0.5) is 0 Å². The standard InChI is InChI=1S/C13H19BrN2/c1-10-7-12(8-11(2)13(10)14)9-16-5-3-15-4-6-16/h7-8,15H,3-6,9H2,1-2H3. The molecule has 0 amide bonds. The fraction of sp³-hybridized carbons (Fsp3) is 0.538. The van der Waals surface area contributed by atoms with E-state index in [2.05, 4.69) is 52.1 Å². The summed E-state index contributed by atoms with van der Waals surface area (Å²) >= 11 is 3.61. The van der Waals surface area contributed by atoms with Gasteiger partial charge in [0.15, 0.2) is 0 Å². The van der Waals surface area contributed by atoms with Crippen LogP contribution in [0.15, 0.2) is 16.6 Å². The highest BCUT2D eigenvalue weighted by atomic mass is 79.9. The first-order valence-corrected chi connectivity index (χ1v) is 6.65. The van der Waals surface area contributed by atoms with Gasteiger partial charge in [-0.1, -0.05) is 28.1 Å². The minimum absolute atomic E-state index is 1.08. The molecule has 1 saturated heterocycles. The van der Waals surface area contributed by atoms with E-state index in [4.69, 9.17) is 0 Å². The number of aryl methyl sites for hydroxylation is 2. The third-order valence-corrected chi connectivity index (χ3v) is 4.36. The van der Waals surface area contributed by atoms with Crippen LogP contribution >= 0.6 is 15.9 Å². The average molecular weight is 283 g/mol. The van der Waals surface area contributed by atoms with E-state index in [0.717, 1.165) is 32.7 Å². The number of nitrogens with zero attached hydrogens (tertiary/aromatic N) is 1. The van der Waals surface area contributed by atoms with Gasteiger partial charge >= 0.3 is 0 Å². The maximum absolute atomic E-state index is 3.61. The molecule has 0 spiro atoms. The van der Waals surface area contributed by atoms with Crippen LogP contribution in [0.25, 0.3) is 0 Å². The first kappa shape index (κ1) is 12.1. The highest BCUT2D eigenvalue weighted by Gasteiger charge is 2.11.